The number of para-hydroxylation sites is 1. The number of aromatic nitrogens is 2. The fourth-order valence-corrected chi connectivity index (χ4v) is 4.11. The molecule has 1 aromatic carbocycles. The monoisotopic (exact) mass is 422 g/mol. The van der Waals surface area contributed by atoms with Crippen LogP contribution >= 0.6 is 0 Å². The summed E-state index contributed by atoms with van der Waals surface area (Å²) in [5.74, 6) is 0.355. The van der Waals surface area contributed by atoms with Gasteiger partial charge in [-0.05, 0) is 44.2 Å². The van der Waals surface area contributed by atoms with Crippen LogP contribution in [-0.2, 0) is 18.4 Å². The average Bonchev–Trinajstić information content (AvgIpc) is 2.97. The first kappa shape index (κ1) is 20.8. The summed E-state index contributed by atoms with van der Waals surface area (Å²) < 4.78 is 6.69. The molecule has 0 spiro atoms. The molecule has 1 saturated heterocycles. The number of rotatable bonds is 4. The molecule has 162 valence electrons. The van der Waals surface area contributed by atoms with Gasteiger partial charge in [-0.1, -0.05) is 23.4 Å². The van der Waals surface area contributed by atoms with E-state index >= 15 is 0 Å². The van der Waals surface area contributed by atoms with Crippen molar-refractivity contribution in [1.29, 1.82) is 0 Å². The summed E-state index contributed by atoms with van der Waals surface area (Å²) in [6.07, 6.45) is 1.50. The summed E-state index contributed by atoms with van der Waals surface area (Å²) in [6, 6.07) is 8.92. The van der Waals surface area contributed by atoms with Crippen molar-refractivity contribution in [3.8, 4) is 0 Å². The molecule has 1 unspecified atom stereocenters. The van der Waals surface area contributed by atoms with Crippen molar-refractivity contribution in [2.75, 3.05) is 6.54 Å². The van der Waals surface area contributed by atoms with E-state index in [0.29, 0.717) is 38.1 Å². The number of likely N-dealkylation sites (tertiary alicyclic amines) is 1. The van der Waals surface area contributed by atoms with Crippen molar-refractivity contribution in [3.05, 3.63) is 63.3 Å². The van der Waals surface area contributed by atoms with E-state index in [-0.39, 0.29) is 23.1 Å². The molecule has 8 nitrogen and oxygen atoms in total. The molecule has 3 aromatic rings. The number of carbonyl (C=O) groups excluding carboxylic acids is 2. The van der Waals surface area contributed by atoms with Gasteiger partial charge in [0, 0.05) is 31.6 Å². The lowest BCUT2D eigenvalue weighted by atomic mass is 10.1. The van der Waals surface area contributed by atoms with Gasteiger partial charge in [0.15, 0.2) is 0 Å². The first-order valence-electron chi connectivity index (χ1n) is 10.4. The second-order valence-corrected chi connectivity index (χ2v) is 8.10. The van der Waals surface area contributed by atoms with Gasteiger partial charge in [0.05, 0.1) is 17.8 Å². The number of fused-ring (bicyclic) bond motifs is 1. The molecule has 0 aliphatic carbocycles. The summed E-state index contributed by atoms with van der Waals surface area (Å²) in [5.41, 5.74) is 2.27. The number of nitrogens with zero attached hydrogens (tertiary/aromatic N) is 3. The van der Waals surface area contributed by atoms with Gasteiger partial charge in [-0.15, -0.1) is 0 Å². The summed E-state index contributed by atoms with van der Waals surface area (Å²) in [7, 11) is 1.67. The van der Waals surface area contributed by atoms with E-state index in [9.17, 15) is 14.4 Å². The van der Waals surface area contributed by atoms with Gasteiger partial charge in [-0.2, -0.15) is 0 Å². The lowest BCUT2D eigenvalue weighted by Crippen LogP contribution is -2.39. The SMILES string of the molecule is Cc1noc(C)c1CN1CCC(NC(=O)c2cc3ccccc3n(C)c2=O)CCC1=O. The highest BCUT2D eigenvalue weighted by Gasteiger charge is 2.26. The number of hydrogen-bond acceptors (Lipinski definition) is 5. The topological polar surface area (TPSA) is 97.4 Å². The average molecular weight is 422 g/mol. The van der Waals surface area contributed by atoms with Gasteiger partial charge < -0.3 is 19.3 Å². The van der Waals surface area contributed by atoms with E-state index < -0.39 is 5.91 Å². The van der Waals surface area contributed by atoms with Crippen molar-refractivity contribution >= 4 is 22.7 Å². The highest BCUT2D eigenvalue weighted by Crippen LogP contribution is 2.20. The van der Waals surface area contributed by atoms with Gasteiger partial charge in [-0.25, -0.2) is 0 Å². The quantitative estimate of drug-likeness (QED) is 0.697. The Balaban J connectivity index is 1.47. The Bertz CT molecular complexity index is 1190. The van der Waals surface area contributed by atoms with E-state index in [1.165, 1.54) is 4.57 Å². The Morgan fingerprint density at radius 1 is 1.23 bits per heavy atom. The van der Waals surface area contributed by atoms with Gasteiger partial charge in [0.1, 0.15) is 11.3 Å². The molecule has 8 heteroatoms. The second-order valence-electron chi connectivity index (χ2n) is 8.10. The van der Waals surface area contributed by atoms with Crippen LogP contribution < -0.4 is 10.9 Å². The summed E-state index contributed by atoms with van der Waals surface area (Å²) in [4.78, 5) is 40.0. The maximum absolute atomic E-state index is 12.9. The smallest absolute Gasteiger partial charge is 0.263 e. The molecule has 31 heavy (non-hydrogen) atoms. The van der Waals surface area contributed by atoms with E-state index in [2.05, 4.69) is 10.5 Å². The van der Waals surface area contributed by atoms with Crippen molar-refractivity contribution in [3.63, 3.8) is 0 Å². The number of nitrogens with one attached hydrogen (secondary N) is 1. The van der Waals surface area contributed by atoms with Gasteiger partial charge in [0.25, 0.3) is 11.5 Å². The Morgan fingerprint density at radius 2 is 2.00 bits per heavy atom. The maximum atomic E-state index is 12.9. The highest BCUT2D eigenvalue weighted by atomic mass is 16.5. The lowest BCUT2D eigenvalue weighted by molar-refractivity contribution is -0.131. The molecule has 1 aliphatic rings. The van der Waals surface area contributed by atoms with Crippen LogP contribution in [0.25, 0.3) is 10.9 Å². The predicted molar refractivity (Wildman–Crippen MR) is 116 cm³/mol. The van der Waals surface area contributed by atoms with E-state index in [0.717, 1.165) is 22.2 Å². The Kier molecular flexibility index (Phi) is 5.63. The molecule has 1 aliphatic heterocycles. The largest absolute Gasteiger partial charge is 0.361 e. The Morgan fingerprint density at radius 3 is 2.74 bits per heavy atom. The third-order valence-electron chi connectivity index (χ3n) is 6.05. The molecule has 0 saturated carbocycles. The van der Waals surface area contributed by atoms with E-state index in [1.807, 2.05) is 38.1 Å². The minimum atomic E-state index is -0.400. The molecule has 2 amide bonds. The van der Waals surface area contributed by atoms with Crippen LogP contribution in [0.4, 0.5) is 0 Å². The van der Waals surface area contributed by atoms with Crippen molar-refractivity contribution < 1.29 is 14.1 Å². The number of pyridine rings is 1. The van der Waals surface area contributed by atoms with Crippen LogP contribution in [0.1, 0.15) is 46.6 Å². The number of hydrogen-bond donors (Lipinski definition) is 1. The molecular weight excluding hydrogens is 396 g/mol. The molecule has 0 radical (unpaired) electrons. The fraction of sp³-hybridized carbons (Fsp3) is 0.391. The van der Waals surface area contributed by atoms with Crippen molar-refractivity contribution in [1.82, 2.24) is 19.9 Å². The highest BCUT2D eigenvalue weighted by molar-refractivity contribution is 5.97. The molecule has 0 bridgehead atoms. The van der Waals surface area contributed by atoms with E-state index in [4.69, 9.17) is 4.52 Å². The molecular formula is C23H26N4O4. The number of benzene rings is 1. The summed E-state index contributed by atoms with van der Waals surface area (Å²) in [6.45, 7) is 4.67. The molecule has 4 rings (SSSR count). The minimum Gasteiger partial charge on any atom is -0.361 e. The zero-order valence-corrected chi connectivity index (χ0v) is 18.0. The zero-order valence-electron chi connectivity index (χ0n) is 18.0. The standard InChI is InChI=1S/C23H26N4O4/c1-14-19(15(2)31-25-14)13-27-11-10-17(8-9-21(27)28)24-22(29)18-12-16-6-4-5-7-20(16)26(3)23(18)30/h4-7,12,17H,8-11,13H2,1-3H3,(H,24,29). The first-order valence-corrected chi connectivity index (χ1v) is 10.4. The third kappa shape index (κ3) is 4.10. The number of amides is 2. The minimum absolute atomic E-state index is 0.0402. The van der Waals surface area contributed by atoms with Crippen molar-refractivity contribution in [2.45, 2.75) is 45.7 Å². The van der Waals surface area contributed by atoms with Crippen LogP contribution in [0.5, 0.6) is 0 Å². The van der Waals surface area contributed by atoms with Crippen LogP contribution in [0, 0.1) is 13.8 Å². The van der Waals surface area contributed by atoms with Crippen LogP contribution in [0.2, 0.25) is 0 Å². The third-order valence-corrected chi connectivity index (χ3v) is 6.05. The Labute approximate surface area is 179 Å². The van der Waals surface area contributed by atoms with Crippen molar-refractivity contribution in [2.24, 2.45) is 7.05 Å². The Hall–Kier alpha value is -3.42. The zero-order chi connectivity index (χ0) is 22.1. The second kappa shape index (κ2) is 8.37. The van der Waals surface area contributed by atoms with Crippen LogP contribution in [-0.4, -0.2) is 39.0 Å². The lowest BCUT2D eigenvalue weighted by Gasteiger charge is -2.21. The fourth-order valence-electron chi connectivity index (χ4n) is 4.11. The maximum Gasteiger partial charge on any atom is 0.263 e. The number of aryl methyl sites for hydroxylation is 3. The summed E-state index contributed by atoms with van der Waals surface area (Å²) >= 11 is 0. The molecule has 1 fully saturated rings. The van der Waals surface area contributed by atoms with Gasteiger partial charge in [0.2, 0.25) is 5.91 Å². The normalized spacial score (nSPS) is 17.1. The van der Waals surface area contributed by atoms with Crippen LogP contribution in [0.15, 0.2) is 39.6 Å². The molecule has 1 N–H and O–H groups in total. The molecule has 2 aromatic heterocycles. The molecule has 1 atom stereocenters. The van der Waals surface area contributed by atoms with E-state index in [1.54, 1.807) is 18.0 Å². The molecule has 3 heterocycles. The first-order chi connectivity index (χ1) is 14.8. The van der Waals surface area contributed by atoms with Crippen LogP contribution in [0.3, 0.4) is 0 Å². The van der Waals surface area contributed by atoms with Gasteiger partial charge >= 0.3 is 0 Å². The number of carbonyl (C=O) groups is 2. The van der Waals surface area contributed by atoms with Gasteiger partial charge in [-0.3, -0.25) is 14.4 Å². The predicted octanol–water partition coefficient (Wildman–Crippen LogP) is 2.45. The summed E-state index contributed by atoms with van der Waals surface area (Å²) in [5, 5.41) is 7.75.